The molecule has 0 spiro atoms. The van der Waals surface area contributed by atoms with E-state index in [2.05, 4.69) is 10.3 Å². The number of aromatic nitrogens is 1. The van der Waals surface area contributed by atoms with Gasteiger partial charge in [0.25, 0.3) is 0 Å². The molecule has 1 aromatic rings. The van der Waals surface area contributed by atoms with Crippen molar-refractivity contribution in [2.24, 2.45) is 0 Å². The lowest BCUT2D eigenvalue weighted by Gasteiger charge is -2.29. The van der Waals surface area contributed by atoms with Gasteiger partial charge in [-0.05, 0) is 28.8 Å². The van der Waals surface area contributed by atoms with Gasteiger partial charge in [-0.25, -0.2) is 0 Å². The Hall–Kier alpha value is -2.18. The summed E-state index contributed by atoms with van der Waals surface area (Å²) in [5.74, 6) is -1.06. The Morgan fingerprint density at radius 1 is 1.47 bits per heavy atom. The van der Waals surface area contributed by atoms with Crippen molar-refractivity contribution in [2.45, 2.75) is 37.6 Å². The highest BCUT2D eigenvalue weighted by Gasteiger charge is 2.36. The Kier molecular flexibility index (Phi) is 3.64. The molecule has 0 radical (unpaired) electrons. The van der Waals surface area contributed by atoms with Crippen LogP contribution in [0.3, 0.4) is 0 Å². The molecule has 1 aliphatic rings. The first-order valence-electron chi connectivity index (χ1n) is 6.11. The van der Waals surface area contributed by atoms with Gasteiger partial charge in [0.2, 0.25) is 0 Å². The number of hydrogen-bond donors (Lipinski definition) is 2. The number of anilines is 1. The van der Waals surface area contributed by atoms with Crippen LogP contribution in [0.1, 0.15) is 32.1 Å². The summed E-state index contributed by atoms with van der Waals surface area (Å²) in [5, 5.41) is 22.7. The highest BCUT2D eigenvalue weighted by Crippen LogP contribution is 2.35. The zero-order valence-electron chi connectivity index (χ0n) is 10.3. The Labute approximate surface area is 109 Å². The van der Waals surface area contributed by atoms with Gasteiger partial charge in [-0.2, -0.15) is 0 Å². The molecule has 0 aliphatic heterocycles. The van der Waals surface area contributed by atoms with E-state index >= 15 is 0 Å². The lowest BCUT2D eigenvalue weighted by Crippen LogP contribution is -2.37. The molecule has 0 amide bonds. The molecule has 1 heterocycles. The first-order chi connectivity index (χ1) is 9.01. The van der Waals surface area contributed by atoms with Gasteiger partial charge < -0.3 is 20.5 Å². The molecule has 1 aromatic heterocycles. The van der Waals surface area contributed by atoms with Gasteiger partial charge >= 0.3 is 11.8 Å². The Morgan fingerprint density at radius 3 is 2.63 bits per heavy atom. The summed E-state index contributed by atoms with van der Waals surface area (Å²) in [7, 11) is 0. The first-order valence-corrected chi connectivity index (χ1v) is 6.11. The normalized spacial score (nSPS) is 17.1. The molecule has 19 heavy (non-hydrogen) atoms. The lowest BCUT2D eigenvalue weighted by atomic mass is 9.93. The number of aliphatic carboxylic acids is 1. The zero-order valence-corrected chi connectivity index (χ0v) is 10.3. The minimum atomic E-state index is -0.843. The number of nitrogens with one attached hydrogen (secondary N) is 1. The third-order valence-electron chi connectivity index (χ3n) is 3.39. The third-order valence-corrected chi connectivity index (χ3v) is 3.39. The number of pyridine rings is 1. The van der Waals surface area contributed by atoms with Crippen LogP contribution in [0.5, 0.6) is 0 Å². The van der Waals surface area contributed by atoms with E-state index < -0.39 is 16.4 Å². The Balaban J connectivity index is 2.13. The van der Waals surface area contributed by atoms with E-state index in [0.29, 0.717) is 5.69 Å². The average molecular weight is 265 g/mol. The van der Waals surface area contributed by atoms with E-state index in [4.69, 9.17) is 5.11 Å². The van der Waals surface area contributed by atoms with Gasteiger partial charge in [0.1, 0.15) is 0 Å². The predicted molar refractivity (Wildman–Crippen MR) is 68.0 cm³/mol. The van der Waals surface area contributed by atoms with Crippen molar-refractivity contribution in [2.75, 3.05) is 5.32 Å². The molecule has 1 aliphatic carbocycles. The maximum absolute atomic E-state index is 10.9. The summed E-state index contributed by atoms with van der Waals surface area (Å²) >= 11 is 0. The summed E-state index contributed by atoms with van der Waals surface area (Å²) in [6.07, 6.45) is 4.97. The molecule has 0 bridgehead atoms. The second kappa shape index (κ2) is 5.21. The highest BCUT2D eigenvalue weighted by atomic mass is 16.6. The van der Waals surface area contributed by atoms with Crippen LogP contribution >= 0.6 is 0 Å². The van der Waals surface area contributed by atoms with E-state index in [1.807, 2.05) is 0 Å². The second-order valence-electron chi connectivity index (χ2n) is 4.85. The summed E-state index contributed by atoms with van der Waals surface area (Å²) in [6.45, 7) is 0. The summed E-state index contributed by atoms with van der Waals surface area (Å²) in [4.78, 5) is 24.6. The number of carboxylic acids is 1. The number of hydrogen-bond acceptors (Lipinski definition) is 5. The van der Waals surface area contributed by atoms with E-state index in [1.165, 1.54) is 12.3 Å². The van der Waals surface area contributed by atoms with Gasteiger partial charge in [0.15, 0.2) is 6.20 Å². The predicted octanol–water partition coefficient (Wildman–Crippen LogP) is 2.19. The van der Waals surface area contributed by atoms with E-state index in [0.717, 1.165) is 25.7 Å². The quantitative estimate of drug-likeness (QED) is 0.624. The van der Waals surface area contributed by atoms with Crippen LogP contribution in [0.2, 0.25) is 0 Å². The first kappa shape index (κ1) is 13.3. The molecule has 1 saturated carbocycles. The molecule has 0 unspecified atom stereocenters. The van der Waals surface area contributed by atoms with E-state index in [1.54, 1.807) is 6.07 Å². The Morgan fingerprint density at radius 2 is 2.16 bits per heavy atom. The van der Waals surface area contributed by atoms with Crippen LogP contribution in [0.4, 0.5) is 11.5 Å². The molecule has 102 valence electrons. The smallest absolute Gasteiger partial charge is 0.363 e. The molecule has 2 rings (SSSR count). The molecule has 7 heteroatoms. The number of rotatable bonds is 5. The average Bonchev–Trinajstić information content (AvgIpc) is 2.77. The molecule has 2 N–H and O–H groups in total. The van der Waals surface area contributed by atoms with Crippen LogP contribution in [0.15, 0.2) is 18.3 Å². The van der Waals surface area contributed by atoms with Gasteiger partial charge in [-0.1, -0.05) is 12.8 Å². The second-order valence-corrected chi connectivity index (χ2v) is 4.85. The van der Waals surface area contributed by atoms with E-state index in [-0.39, 0.29) is 12.2 Å². The SMILES string of the molecule is O=C(O)CC1(Nc2ccc([N+](=O)[O-])nc2)CCCC1. The van der Waals surface area contributed by atoms with Crippen LogP contribution in [0, 0.1) is 10.1 Å². The van der Waals surface area contributed by atoms with Crippen LogP contribution in [-0.4, -0.2) is 26.5 Å². The largest absolute Gasteiger partial charge is 0.481 e. The molecule has 0 atom stereocenters. The third kappa shape index (κ3) is 3.18. The monoisotopic (exact) mass is 265 g/mol. The fraction of sp³-hybridized carbons (Fsp3) is 0.500. The molecule has 0 saturated heterocycles. The van der Waals surface area contributed by atoms with Gasteiger partial charge in [-0.3, -0.25) is 4.79 Å². The number of carboxylic acid groups (broad SMARTS) is 1. The lowest BCUT2D eigenvalue weighted by molar-refractivity contribution is -0.389. The van der Waals surface area contributed by atoms with Crippen molar-refractivity contribution in [3.05, 3.63) is 28.4 Å². The number of carbonyl (C=O) groups is 1. The van der Waals surface area contributed by atoms with Gasteiger partial charge in [0, 0.05) is 11.6 Å². The molecular formula is C12H15N3O4. The van der Waals surface area contributed by atoms with Crippen LogP contribution in [0.25, 0.3) is 0 Å². The van der Waals surface area contributed by atoms with Crippen LogP contribution in [-0.2, 0) is 4.79 Å². The maximum Gasteiger partial charge on any atom is 0.363 e. The number of nitro groups is 1. The van der Waals surface area contributed by atoms with Gasteiger partial charge in [0.05, 0.1) is 12.1 Å². The fourth-order valence-corrected chi connectivity index (χ4v) is 2.56. The van der Waals surface area contributed by atoms with Crippen molar-refractivity contribution < 1.29 is 14.8 Å². The number of nitrogens with zero attached hydrogens (tertiary/aromatic N) is 2. The van der Waals surface area contributed by atoms with E-state index in [9.17, 15) is 14.9 Å². The molecule has 7 nitrogen and oxygen atoms in total. The van der Waals surface area contributed by atoms with Crippen molar-refractivity contribution in [1.82, 2.24) is 4.98 Å². The van der Waals surface area contributed by atoms with Crippen molar-refractivity contribution in [1.29, 1.82) is 0 Å². The van der Waals surface area contributed by atoms with Crippen molar-refractivity contribution in [3.63, 3.8) is 0 Å². The topological polar surface area (TPSA) is 105 Å². The minimum Gasteiger partial charge on any atom is -0.481 e. The standard InChI is InChI=1S/C12H15N3O4/c16-11(17)7-12(5-1-2-6-12)14-9-3-4-10(13-8-9)15(18)19/h3-4,8,14H,1-2,5-7H2,(H,16,17). The van der Waals surface area contributed by atoms with Crippen molar-refractivity contribution in [3.8, 4) is 0 Å². The highest BCUT2D eigenvalue weighted by molar-refractivity contribution is 5.69. The van der Waals surface area contributed by atoms with Crippen molar-refractivity contribution >= 4 is 17.5 Å². The maximum atomic E-state index is 10.9. The Bertz CT molecular complexity index is 480. The summed E-state index contributed by atoms with van der Waals surface area (Å²) < 4.78 is 0. The fourth-order valence-electron chi connectivity index (χ4n) is 2.56. The molecular weight excluding hydrogens is 250 g/mol. The molecule has 0 aromatic carbocycles. The summed E-state index contributed by atoms with van der Waals surface area (Å²) in [5.41, 5.74) is 0.164. The van der Waals surface area contributed by atoms with Gasteiger partial charge in [-0.15, -0.1) is 0 Å². The van der Waals surface area contributed by atoms with Crippen LogP contribution < -0.4 is 5.32 Å². The summed E-state index contributed by atoms with van der Waals surface area (Å²) in [6, 6.07) is 2.87. The molecule has 1 fully saturated rings. The zero-order chi connectivity index (χ0) is 13.9. The minimum absolute atomic E-state index is 0.0456.